The van der Waals surface area contributed by atoms with Crippen LogP contribution in [0.15, 0.2) is 30.5 Å². The number of benzene rings is 1. The molecular formula is C16H19ClN4O3S. The van der Waals surface area contributed by atoms with Crippen LogP contribution in [0.4, 0.5) is 0 Å². The molecule has 25 heavy (non-hydrogen) atoms. The van der Waals surface area contributed by atoms with Gasteiger partial charge in [-0.15, -0.1) is 5.10 Å². The number of hydrogen-bond donors (Lipinski definition) is 0. The van der Waals surface area contributed by atoms with Gasteiger partial charge in [0.1, 0.15) is 0 Å². The third-order valence-electron chi connectivity index (χ3n) is 4.33. The second-order valence-electron chi connectivity index (χ2n) is 6.21. The highest BCUT2D eigenvalue weighted by Crippen LogP contribution is 2.20. The molecule has 0 radical (unpaired) electrons. The van der Waals surface area contributed by atoms with Crippen LogP contribution in [0.5, 0.6) is 0 Å². The molecule has 1 saturated heterocycles. The molecule has 0 aliphatic carbocycles. The van der Waals surface area contributed by atoms with Crippen molar-refractivity contribution in [2.75, 3.05) is 11.5 Å². The van der Waals surface area contributed by atoms with Crippen LogP contribution >= 0.6 is 11.6 Å². The van der Waals surface area contributed by atoms with E-state index < -0.39 is 9.84 Å². The van der Waals surface area contributed by atoms with E-state index in [0.717, 1.165) is 11.3 Å². The molecule has 7 nitrogen and oxygen atoms in total. The monoisotopic (exact) mass is 382 g/mol. The lowest BCUT2D eigenvalue weighted by atomic mass is 10.2. The molecule has 3 rings (SSSR count). The quantitative estimate of drug-likeness (QED) is 0.782. The number of hydrogen-bond acceptors (Lipinski definition) is 5. The molecule has 1 aromatic carbocycles. The summed E-state index contributed by atoms with van der Waals surface area (Å²) < 4.78 is 25.2. The topological polar surface area (TPSA) is 85.2 Å². The molecule has 1 aliphatic rings. The molecular weight excluding hydrogens is 364 g/mol. The van der Waals surface area contributed by atoms with Crippen LogP contribution < -0.4 is 0 Å². The Balaban J connectivity index is 1.76. The first-order valence-corrected chi connectivity index (χ1v) is 10.1. The van der Waals surface area contributed by atoms with Crippen molar-refractivity contribution in [1.29, 1.82) is 0 Å². The smallest absolute Gasteiger partial charge is 0.220 e. The van der Waals surface area contributed by atoms with Gasteiger partial charge in [0.2, 0.25) is 5.91 Å². The SMILES string of the molecule is CC(=O)N(Cc1cnnn1Cc1ccc(Cl)cc1)C1CCS(=O)(=O)C1. The van der Waals surface area contributed by atoms with Gasteiger partial charge in [0, 0.05) is 18.0 Å². The average Bonchev–Trinajstić information content (AvgIpc) is 3.13. The van der Waals surface area contributed by atoms with Gasteiger partial charge in [0.15, 0.2) is 9.84 Å². The highest BCUT2D eigenvalue weighted by molar-refractivity contribution is 7.91. The molecule has 1 amide bonds. The van der Waals surface area contributed by atoms with Crippen LogP contribution in [-0.2, 0) is 27.7 Å². The Hall–Kier alpha value is -1.93. The maximum Gasteiger partial charge on any atom is 0.220 e. The molecule has 0 N–H and O–H groups in total. The van der Waals surface area contributed by atoms with Crippen molar-refractivity contribution < 1.29 is 13.2 Å². The summed E-state index contributed by atoms with van der Waals surface area (Å²) in [4.78, 5) is 13.6. The molecule has 1 aliphatic heterocycles. The summed E-state index contributed by atoms with van der Waals surface area (Å²) in [5.41, 5.74) is 1.77. The van der Waals surface area contributed by atoms with Crippen molar-refractivity contribution >= 4 is 27.3 Å². The Morgan fingerprint density at radius 1 is 1.36 bits per heavy atom. The van der Waals surface area contributed by atoms with Gasteiger partial charge in [0.05, 0.1) is 36.5 Å². The Labute approximate surface area is 151 Å². The number of nitrogens with zero attached hydrogens (tertiary/aromatic N) is 4. The van der Waals surface area contributed by atoms with E-state index in [1.54, 1.807) is 27.9 Å². The van der Waals surface area contributed by atoms with Crippen LogP contribution in [-0.4, -0.2) is 51.8 Å². The first-order valence-electron chi connectivity index (χ1n) is 7.93. The number of sulfone groups is 1. The number of halogens is 1. The van der Waals surface area contributed by atoms with Crippen molar-refractivity contribution in [3.05, 3.63) is 46.7 Å². The van der Waals surface area contributed by atoms with Crippen LogP contribution in [0.2, 0.25) is 5.02 Å². The van der Waals surface area contributed by atoms with Crippen molar-refractivity contribution in [2.45, 2.75) is 32.5 Å². The van der Waals surface area contributed by atoms with E-state index in [1.807, 2.05) is 12.1 Å². The fourth-order valence-corrected chi connectivity index (χ4v) is 4.85. The second kappa shape index (κ2) is 7.13. The Bertz CT molecular complexity index is 864. The highest BCUT2D eigenvalue weighted by Gasteiger charge is 2.34. The predicted octanol–water partition coefficient (Wildman–Crippen LogP) is 1.52. The molecule has 2 heterocycles. The van der Waals surface area contributed by atoms with Gasteiger partial charge in [-0.05, 0) is 24.1 Å². The summed E-state index contributed by atoms with van der Waals surface area (Å²) in [6.45, 7) is 2.25. The highest BCUT2D eigenvalue weighted by atomic mass is 35.5. The number of rotatable bonds is 5. The first-order chi connectivity index (χ1) is 11.8. The van der Waals surface area contributed by atoms with Crippen molar-refractivity contribution in [2.24, 2.45) is 0 Å². The maximum atomic E-state index is 12.0. The lowest BCUT2D eigenvalue weighted by molar-refractivity contribution is -0.131. The van der Waals surface area contributed by atoms with E-state index in [4.69, 9.17) is 11.6 Å². The average molecular weight is 383 g/mol. The number of carbonyl (C=O) groups is 1. The number of amides is 1. The van der Waals surface area contributed by atoms with Crippen molar-refractivity contribution in [3.8, 4) is 0 Å². The van der Waals surface area contributed by atoms with Crippen LogP contribution in [0.25, 0.3) is 0 Å². The first kappa shape index (κ1) is 17.9. The second-order valence-corrected chi connectivity index (χ2v) is 8.88. The molecule has 1 unspecified atom stereocenters. The molecule has 1 aromatic heterocycles. The van der Waals surface area contributed by atoms with Crippen LogP contribution in [0.3, 0.4) is 0 Å². The fourth-order valence-electron chi connectivity index (χ4n) is 2.99. The minimum absolute atomic E-state index is 0.0192. The van der Waals surface area contributed by atoms with E-state index in [-0.39, 0.29) is 30.0 Å². The van der Waals surface area contributed by atoms with E-state index >= 15 is 0 Å². The standard InChI is InChI=1S/C16H19ClN4O3S/c1-12(22)20(15-6-7-25(23,24)11-15)10-16-8-18-19-21(16)9-13-2-4-14(17)5-3-13/h2-5,8,15H,6-7,9-11H2,1H3. The maximum absolute atomic E-state index is 12.0. The largest absolute Gasteiger partial charge is 0.333 e. The molecule has 2 aromatic rings. The van der Waals surface area contributed by atoms with Gasteiger partial charge in [-0.2, -0.15) is 0 Å². The molecule has 1 fully saturated rings. The fraction of sp³-hybridized carbons (Fsp3) is 0.438. The molecule has 0 bridgehead atoms. The van der Waals surface area contributed by atoms with Crippen molar-refractivity contribution in [3.63, 3.8) is 0 Å². The lowest BCUT2D eigenvalue weighted by Gasteiger charge is -2.27. The summed E-state index contributed by atoms with van der Waals surface area (Å²) in [5.74, 6) is -0.00365. The summed E-state index contributed by atoms with van der Waals surface area (Å²) in [6.07, 6.45) is 2.08. The van der Waals surface area contributed by atoms with E-state index in [1.165, 1.54) is 6.92 Å². The van der Waals surface area contributed by atoms with Gasteiger partial charge in [-0.1, -0.05) is 28.9 Å². The lowest BCUT2D eigenvalue weighted by Crippen LogP contribution is -2.39. The van der Waals surface area contributed by atoms with Crippen molar-refractivity contribution in [1.82, 2.24) is 19.9 Å². The third-order valence-corrected chi connectivity index (χ3v) is 6.33. The molecule has 9 heteroatoms. The minimum atomic E-state index is -3.06. The minimum Gasteiger partial charge on any atom is -0.333 e. The number of aromatic nitrogens is 3. The summed E-state index contributed by atoms with van der Waals surface area (Å²) >= 11 is 5.90. The van der Waals surface area contributed by atoms with E-state index in [2.05, 4.69) is 10.3 Å². The zero-order valence-electron chi connectivity index (χ0n) is 13.8. The Morgan fingerprint density at radius 3 is 2.68 bits per heavy atom. The predicted molar refractivity (Wildman–Crippen MR) is 93.9 cm³/mol. The van der Waals surface area contributed by atoms with E-state index in [9.17, 15) is 13.2 Å². The normalized spacial score (nSPS) is 19.0. The van der Waals surface area contributed by atoms with Gasteiger partial charge in [-0.25, -0.2) is 13.1 Å². The van der Waals surface area contributed by atoms with Crippen LogP contribution in [0.1, 0.15) is 24.6 Å². The van der Waals surface area contributed by atoms with E-state index in [0.29, 0.717) is 18.0 Å². The van der Waals surface area contributed by atoms with Crippen LogP contribution in [0, 0.1) is 0 Å². The van der Waals surface area contributed by atoms with Gasteiger partial charge >= 0.3 is 0 Å². The molecule has 1 atom stereocenters. The summed E-state index contributed by atoms with van der Waals surface area (Å²) in [7, 11) is -3.06. The molecule has 0 spiro atoms. The zero-order chi connectivity index (χ0) is 18.0. The van der Waals surface area contributed by atoms with Gasteiger partial charge < -0.3 is 4.90 Å². The zero-order valence-corrected chi connectivity index (χ0v) is 15.4. The summed E-state index contributed by atoms with van der Waals surface area (Å²) in [5, 5.41) is 8.67. The molecule has 134 valence electrons. The summed E-state index contributed by atoms with van der Waals surface area (Å²) in [6, 6.07) is 7.12. The Kier molecular flexibility index (Phi) is 5.10. The van der Waals surface area contributed by atoms with Gasteiger partial charge in [0.25, 0.3) is 0 Å². The number of carbonyl (C=O) groups excluding carboxylic acids is 1. The Morgan fingerprint density at radius 2 is 2.08 bits per heavy atom. The molecule has 0 saturated carbocycles. The third kappa shape index (κ3) is 4.38. The van der Waals surface area contributed by atoms with Gasteiger partial charge in [-0.3, -0.25) is 4.79 Å².